The zero-order valence-electron chi connectivity index (χ0n) is 10.00. The number of pyridine rings is 1. The van der Waals surface area contributed by atoms with Crippen molar-refractivity contribution < 1.29 is 14.7 Å². The van der Waals surface area contributed by atoms with Crippen molar-refractivity contribution in [1.82, 2.24) is 9.88 Å². The smallest absolute Gasteiger partial charge is 0.327 e. The molecule has 1 atom stereocenters. The summed E-state index contributed by atoms with van der Waals surface area (Å²) in [6.45, 7) is 2.32. The highest BCUT2D eigenvalue weighted by Crippen LogP contribution is 2.19. The summed E-state index contributed by atoms with van der Waals surface area (Å²) in [4.78, 5) is 28.8. The number of aryl methyl sites for hydroxylation is 1. The van der Waals surface area contributed by atoms with Crippen molar-refractivity contribution in [2.24, 2.45) is 0 Å². The molecule has 1 N–H and O–H groups in total. The van der Waals surface area contributed by atoms with Crippen LogP contribution in [0.3, 0.4) is 0 Å². The normalized spacial score (nSPS) is 19.6. The van der Waals surface area contributed by atoms with Gasteiger partial charge in [0.15, 0.2) is 0 Å². The van der Waals surface area contributed by atoms with Gasteiger partial charge in [0.2, 0.25) is 0 Å². The highest BCUT2D eigenvalue weighted by molar-refractivity contribution is 7.99. The molecule has 0 spiro atoms. The average Bonchev–Trinajstić information content (AvgIpc) is 2.38. The van der Waals surface area contributed by atoms with Gasteiger partial charge < -0.3 is 10.0 Å². The van der Waals surface area contributed by atoms with Crippen LogP contribution in [0.1, 0.15) is 15.9 Å². The van der Waals surface area contributed by atoms with Crippen LogP contribution in [0.15, 0.2) is 18.5 Å². The van der Waals surface area contributed by atoms with Gasteiger partial charge in [0, 0.05) is 30.4 Å². The second-order valence-corrected chi connectivity index (χ2v) is 5.33. The van der Waals surface area contributed by atoms with Crippen LogP contribution in [0.2, 0.25) is 0 Å². The summed E-state index contributed by atoms with van der Waals surface area (Å²) in [5, 5.41) is 9.14. The first kappa shape index (κ1) is 12.9. The predicted molar refractivity (Wildman–Crippen MR) is 68.8 cm³/mol. The second-order valence-electron chi connectivity index (χ2n) is 4.18. The summed E-state index contributed by atoms with van der Waals surface area (Å²) >= 11 is 1.56. The number of carbonyl (C=O) groups is 2. The lowest BCUT2D eigenvalue weighted by molar-refractivity contribution is -0.141. The molecule has 96 valence electrons. The third kappa shape index (κ3) is 2.64. The van der Waals surface area contributed by atoms with Crippen molar-refractivity contribution in [2.75, 3.05) is 18.1 Å². The van der Waals surface area contributed by atoms with Crippen molar-refractivity contribution in [2.45, 2.75) is 13.0 Å². The van der Waals surface area contributed by atoms with E-state index in [-0.39, 0.29) is 5.91 Å². The molecule has 1 fully saturated rings. The summed E-state index contributed by atoms with van der Waals surface area (Å²) in [5.41, 5.74) is 1.34. The first-order valence-corrected chi connectivity index (χ1v) is 6.78. The zero-order valence-corrected chi connectivity index (χ0v) is 10.8. The van der Waals surface area contributed by atoms with Crippen molar-refractivity contribution in [3.05, 3.63) is 29.6 Å². The first-order valence-electron chi connectivity index (χ1n) is 5.63. The van der Waals surface area contributed by atoms with Crippen LogP contribution in [-0.2, 0) is 4.79 Å². The fourth-order valence-electron chi connectivity index (χ4n) is 1.89. The zero-order chi connectivity index (χ0) is 13.1. The van der Waals surface area contributed by atoms with E-state index in [1.54, 1.807) is 24.0 Å². The Bertz CT molecular complexity index is 478. The molecular weight excluding hydrogens is 252 g/mol. The van der Waals surface area contributed by atoms with Crippen LogP contribution in [0.25, 0.3) is 0 Å². The van der Waals surface area contributed by atoms with Gasteiger partial charge in [-0.05, 0) is 18.6 Å². The number of aliphatic carboxylic acids is 1. The van der Waals surface area contributed by atoms with Crippen molar-refractivity contribution >= 4 is 23.6 Å². The van der Waals surface area contributed by atoms with Gasteiger partial charge >= 0.3 is 5.97 Å². The number of amides is 1. The van der Waals surface area contributed by atoms with Crippen LogP contribution in [-0.4, -0.2) is 51.0 Å². The summed E-state index contributed by atoms with van der Waals surface area (Å²) < 4.78 is 0. The first-order chi connectivity index (χ1) is 8.59. The van der Waals surface area contributed by atoms with E-state index in [2.05, 4.69) is 4.98 Å². The van der Waals surface area contributed by atoms with E-state index in [9.17, 15) is 9.59 Å². The van der Waals surface area contributed by atoms with Gasteiger partial charge in [-0.15, -0.1) is 0 Å². The highest BCUT2D eigenvalue weighted by atomic mass is 32.2. The molecule has 5 nitrogen and oxygen atoms in total. The molecule has 1 aliphatic heterocycles. The molecular formula is C12H14N2O3S. The number of carbonyl (C=O) groups excluding carboxylic acids is 1. The quantitative estimate of drug-likeness (QED) is 0.865. The monoisotopic (exact) mass is 266 g/mol. The molecule has 1 aromatic heterocycles. The van der Waals surface area contributed by atoms with Crippen LogP contribution in [0.5, 0.6) is 0 Å². The van der Waals surface area contributed by atoms with Gasteiger partial charge in [0.1, 0.15) is 6.04 Å². The van der Waals surface area contributed by atoms with Gasteiger partial charge in [0.25, 0.3) is 5.91 Å². The molecule has 6 heteroatoms. The average molecular weight is 266 g/mol. The molecule has 1 saturated heterocycles. The number of thioether (sulfide) groups is 1. The molecule has 0 bridgehead atoms. The third-order valence-corrected chi connectivity index (χ3v) is 3.82. The number of rotatable bonds is 2. The van der Waals surface area contributed by atoms with Gasteiger partial charge in [-0.25, -0.2) is 4.79 Å². The molecule has 18 heavy (non-hydrogen) atoms. The van der Waals surface area contributed by atoms with E-state index < -0.39 is 12.0 Å². The molecule has 1 unspecified atom stereocenters. The van der Waals surface area contributed by atoms with Gasteiger partial charge in [-0.3, -0.25) is 9.78 Å². The molecule has 0 aromatic carbocycles. The topological polar surface area (TPSA) is 70.5 Å². The molecule has 2 rings (SSSR count). The minimum Gasteiger partial charge on any atom is -0.480 e. The Morgan fingerprint density at radius 3 is 2.94 bits per heavy atom. The van der Waals surface area contributed by atoms with E-state index in [4.69, 9.17) is 5.11 Å². The lowest BCUT2D eigenvalue weighted by Crippen LogP contribution is -2.50. The van der Waals surface area contributed by atoms with E-state index in [0.717, 1.165) is 11.3 Å². The van der Waals surface area contributed by atoms with Gasteiger partial charge in [0.05, 0.1) is 5.56 Å². The number of hydrogen-bond acceptors (Lipinski definition) is 4. The number of nitrogens with zero attached hydrogens (tertiary/aromatic N) is 2. The summed E-state index contributed by atoms with van der Waals surface area (Å²) in [6.07, 6.45) is 3.15. The molecule has 0 aliphatic carbocycles. The largest absolute Gasteiger partial charge is 0.480 e. The van der Waals surface area contributed by atoms with Crippen LogP contribution in [0, 0.1) is 6.92 Å². The predicted octanol–water partition coefficient (Wildman–Crippen LogP) is 1.03. The van der Waals surface area contributed by atoms with Crippen LogP contribution in [0.4, 0.5) is 0 Å². The van der Waals surface area contributed by atoms with Crippen molar-refractivity contribution in [3.63, 3.8) is 0 Å². The lowest BCUT2D eigenvalue weighted by Gasteiger charge is -2.32. The Kier molecular flexibility index (Phi) is 3.86. The van der Waals surface area contributed by atoms with Crippen LogP contribution >= 0.6 is 11.8 Å². The maximum absolute atomic E-state index is 12.3. The fourth-order valence-corrected chi connectivity index (χ4v) is 2.93. The van der Waals surface area contributed by atoms with E-state index >= 15 is 0 Å². The Labute approximate surface area is 109 Å². The van der Waals surface area contributed by atoms with E-state index in [0.29, 0.717) is 17.9 Å². The summed E-state index contributed by atoms with van der Waals surface area (Å²) in [6, 6.07) is 0.993. The van der Waals surface area contributed by atoms with Crippen LogP contribution < -0.4 is 0 Å². The molecule has 0 saturated carbocycles. The number of hydrogen-bond donors (Lipinski definition) is 1. The standard InChI is InChI=1S/C12H14N2O3S/c1-8-4-9(6-13-5-8)11(15)14-2-3-18-7-10(14)12(16)17/h4-6,10H,2-3,7H2,1H3,(H,16,17). The van der Waals surface area contributed by atoms with Gasteiger partial charge in [-0.1, -0.05) is 0 Å². The maximum atomic E-state index is 12.3. The van der Waals surface area contributed by atoms with E-state index in [1.807, 2.05) is 6.92 Å². The number of aromatic nitrogens is 1. The Morgan fingerprint density at radius 2 is 2.28 bits per heavy atom. The van der Waals surface area contributed by atoms with Crippen molar-refractivity contribution in [1.29, 1.82) is 0 Å². The summed E-state index contributed by atoms with van der Waals surface area (Å²) in [7, 11) is 0. The molecule has 1 aliphatic rings. The van der Waals surface area contributed by atoms with Crippen molar-refractivity contribution in [3.8, 4) is 0 Å². The lowest BCUT2D eigenvalue weighted by atomic mass is 10.1. The number of carboxylic acids is 1. The molecule has 0 radical (unpaired) electrons. The fraction of sp³-hybridized carbons (Fsp3) is 0.417. The summed E-state index contributed by atoms with van der Waals surface area (Å²) in [5.74, 6) is 0.0183. The number of carboxylic acid groups (broad SMARTS) is 1. The SMILES string of the molecule is Cc1cncc(C(=O)N2CCSCC2C(=O)O)c1. The highest BCUT2D eigenvalue weighted by Gasteiger charge is 2.32. The third-order valence-electron chi connectivity index (χ3n) is 2.80. The molecule has 1 aromatic rings. The minimum atomic E-state index is -0.948. The molecule has 2 heterocycles. The Hall–Kier alpha value is -1.56. The van der Waals surface area contributed by atoms with E-state index in [1.165, 1.54) is 11.1 Å². The maximum Gasteiger partial charge on any atom is 0.327 e. The van der Waals surface area contributed by atoms with Gasteiger partial charge in [-0.2, -0.15) is 11.8 Å². The molecule has 1 amide bonds. The Morgan fingerprint density at radius 1 is 1.50 bits per heavy atom. The minimum absolute atomic E-state index is 0.251. The second kappa shape index (κ2) is 5.39. The Balaban J connectivity index is 2.23.